The van der Waals surface area contributed by atoms with Crippen LogP contribution in [0.1, 0.15) is 23.6 Å². The Kier molecular flexibility index (Phi) is 4.69. The fraction of sp³-hybridized carbons (Fsp3) is 0.294. The molecular formula is C17H20FN. The van der Waals surface area contributed by atoms with Crippen molar-refractivity contribution in [3.8, 4) is 0 Å². The molecule has 0 heterocycles. The first-order chi connectivity index (χ1) is 9.15. The summed E-state index contributed by atoms with van der Waals surface area (Å²) in [4.78, 5) is 0. The van der Waals surface area contributed by atoms with Gasteiger partial charge in [-0.2, -0.15) is 0 Å². The molecule has 2 aromatic rings. The van der Waals surface area contributed by atoms with E-state index in [2.05, 4.69) is 36.5 Å². The van der Waals surface area contributed by atoms with E-state index in [1.165, 1.54) is 11.6 Å². The molecule has 100 valence electrons. The second-order valence-electron chi connectivity index (χ2n) is 5.04. The summed E-state index contributed by atoms with van der Waals surface area (Å²) in [7, 11) is 0. The molecule has 2 heteroatoms. The van der Waals surface area contributed by atoms with Crippen LogP contribution in [0.3, 0.4) is 0 Å². The van der Waals surface area contributed by atoms with Crippen LogP contribution in [0.15, 0.2) is 48.5 Å². The summed E-state index contributed by atoms with van der Waals surface area (Å²) in [6.07, 6.45) is 0.981. The maximum absolute atomic E-state index is 13.2. The van der Waals surface area contributed by atoms with Gasteiger partial charge in [0, 0.05) is 12.6 Å². The number of nitrogens with one attached hydrogen (secondary N) is 1. The highest BCUT2D eigenvalue weighted by molar-refractivity contribution is 5.26. The van der Waals surface area contributed by atoms with Gasteiger partial charge in [-0.1, -0.05) is 36.4 Å². The Morgan fingerprint density at radius 3 is 2.58 bits per heavy atom. The standard InChI is InChI=1S/C17H20FN/c1-13-8-9-17(18)11-16(13)12-19-14(2)10-15-6-4-3-5-7-15/h3-9,11,14,19H,10,12H2,1-2H3. The third-order valence-electron chi connectivity index (χ3n) is 3.34. The topological polar surface area (TPSA) is 12.0 Å². The molecule has 1 unspecified atom stereocenters. The maximum atomic E-state index is 13.2. The molecule has 19 heavy (non-hydrogen) atoms. The molecule has 0 aliphatic heterocycles. The maximum Gasteiger partial charge on any atom is 0.123 e. The molecule has 0 aromatic heterocycles. The van der Waals surface area contributed by atoms with E-state index in [1.807, 2.05) is 19.1 Å². The Labute approximate surface area is 114 Å². The Hall–Kier alpha value is -1.67. The molecule has 0 amide bonds. The highest BCUT2D eigenvalue weighted by atomic mass is 19.1. The first-order valence-corrected chi connectivity index (χ1v) is 6.67. The van der Waals surface area contributed by atoms with Gasteiger partial charge in [0.05, 0.1) is 0 Å². The Morgan fingerprint density at radius 1 is 1.11 bits per heavy atom. The molecular weight excluding hydrogens is 237 g/mol. The van der Waals surface area contributed by atoms with Gasteiger partial charge in [0.2, 0.25) is 0 Å². The largest absolute Gasteiger partial charge is 0.310 e. The van der Waals surface area contributed by atoms with Crippen molar-refractivity contribution in [3.63, 3.8) is 0 Å². The van der Waals surface area contributed by atoms with Crippen molar-refractivity contribution >= 4 is 0 Å². The Bertz CT molecular complexity index is 522. The van der Waals surface area contributed by atoms with Crippen LogP contribution < -0.4 is 5.32 Å². The average Bonchev–Trinajstić information content (AvgIpc) is 2.41. The van der Waals surface area contributed by atoms with Crippen LogP contribution in [0.4, 0.5) is 4.39 Å². The van der Waals surface area contributed by atoms with Gasteiger partial charge in [0.1, 0.15) is 5.82 Å². The van der Waals surface area contributed by atoms with Gasteiger partial charge in [-0.15, -0.1) is 0 Å². The minimum Gasteiger partial charge on any atom is -0.310 e. The van der Waals surface area contributed by atoms with E-state index in [0.717, 1.165) is 17.5 Å². The molecule has 0 saturated carbocycles. The average molecular weight is 257 g/mol. The summed E-state index contributed by atoms with van der Waals surface area (Å²) in [5, 5.41) is 3.45. The van der Waals surface area contributed by atoms with Crippen molar-refractivity contribution in [3.05, 3.63) is 71.0 Å². The van der Waals surface area contributed by atoms with E-state index in [1.54, 1.807) is 6.07 Å². The van der Waals surface area contributed by atoms with E-state index < -0.39 is 0 Å². The van der Waals surface area contributed by atoms with Gasteiger partial charge in [0.25, 0.3) is 0 Å². The normalized spacial score (nSPS) is 12.4. The van der Waals surface area contributed by atoms with Crippen molar-refractivity contribution in [2.24, 2.45) is 0 Å². The van der Waals surface area contributed by atoms with Gasteiger partial charge in [0.15, 0.2) is 0 Å². The number of benzene rings is 2. The van der Waals surface area contributed by atoms with E-state index in [-0.39, 0.29) is 5.82 Å². The summed E-state index contributed by atoms with van der Waals surface area (Å²) in [6, 6.07) is 15.7. The summed E-state index contributed by atoms with van der Waals surface area (Å²) >= 11 is 0. The predicted octanol–water partition coefficient (Wildman–Crippen LogP) is 3.85. The predicted molar refractivity (Wildman–Crippen MR) is 77.6 cm³/mol. The summed E-state index contributed by atoms with van der Waals surface area (Å²) in [6.45, 7) is 4.87. The number of hydrogen-bond donors (Lipinski definition) is 1. The van der Waals surface area contributed by atoms with Crippen LogP contribution in [-0.2, 0) is 13.0 Å². The lowest BCUT2D eigenvalue weighted by molar-refractivity contribution is 0.541. The molecule has 0 aliphatic carbocycles. The smallest absolute Gasteiger partial charge is 0.123 e. The minimum absolute atomic E-state index is 0.168. The van der Waals surface area contributed by atoms with Gasteiger partial charge in [-0.05, 0) is 49.1 Å². The quantitative estimate of drug-likeness (QED) is 0.857. The van der Waals surface area contributed by atoms with Crippen molar-refractivity contribution in [1.29, 1.82) is 0 Å². The van der Waals surface area contributed by atoms with Crippen molar-refractivity contribution < 1.29 is 4.39 Å². The van der Waals surface area contributed by atoms with Crippen molar-refractivity contribution in [2.45, 2.75) is 32.9 Å². The van der Waals surface area contributed by atoms with Gasteiger partial charge in [-0.25, -0.2) is 4.39 Å². The highest BCUT2D eigenvalue weighted by Crippen LogP contribution is 2.11. The summed E-state index contributed by atoms with van der Waals surface area (Å²) < 4.78 is 13.2. The lowest BCUT2D eigenvalue weighted by atomic mass is 10.1. The lowest BCUT2D eigenvalue weighted by Crippen LogP contribution is -2.27. The van der Waals surface area contributed by atoms with Gasteiger partial charge >= 0.3 is 0 Å². The van der Waals surface area contributed by atoms with Crippen LogP contribution in [-0.4, -0.2) is 6.04 Å². The first kappa shape index (κ1) is 13.8. The minimum atomic E-state index is -0.168. The molecule has 0 radical (unpaired) electrons. The third kappa shape index (κ3) is 4.18. The molecule has 2 rings (SSSR count). The van der Waals surface area contributed by atoms with Crippen LogP contribution >= 0.6 is 0 Å². The van der Waals surface area contributed by atoms with Crippen molar-refractivity contribution in [1.82, 2.24) is 5.32 Å². The lowest BCUT2D eigenvalue weighted by Gasteiger charge is -2.15. The zero-order chi connectivity index (χ0) is 13.7. The molecule has 1 N–H and O–H groups in total. The van der Waals surface area contributed by atoms with E-state index in [9.17, 15) is 4.39 Å². The molecule has 0 saturated heterocycles. The van der Waals surface area contributed by atoms with E-state index in [4.69, 9.17) is 0 Å². The number of hydrogen-bond acceptors (Lipinski definition) is 1. The molecule has 0 aliphatic rings. The third-order valence-corrected chi connectivity index (χ3v) is 3.34. The molecule has 1 nitrogen and oxygen atoms in total. The Morgan fingerprint density at radius 2 is 1.84 bits per heavy atom. The van der Waals surface area contributed by atoms with Crippen LogP contribution in [0, 0.1) is 12.7 Å². The molecule has 1 atom stereocenters. The first-order valence-electron chi connectivity index (χ1n) is 6.67. The monoisotopic (exact) mass is 257 g/mol. The Balaban J connectivity index is 1.90. The van der Waals surface area contributed by atoms with Crippen LogP contribution in [0.5, 0.6) is 0 Å². The van der Waals surface area contributed by atoms with E-state index >= 15 is 0 Å². The van der Waals surface area contributed by atoms with Crippen molar-refractivity contribution in [2.75, 3.05) is 0 Å². The SMILES string of the molecule is Cc1ccc(F)cc1CNC(C)Cc1ccccc1. The highest BCUT2D eigenvalue weighted by Gasteiger charge is 2.05. The molecule has 0 spiro atoms. The summed E-state index contributed by atoms with van der Waals surface area (Å²) in [5.41, 5.74) is 3.47. The van der Waals surface area contributed by atoms with Gasteiger partial charge < -0.3 is 5.32 Å². The fourth-order valence-electron chi connectivity index (χ4n) is 2.15. The van der Waals surface area contributed by atoms with Gasteiger partial charge in [-0.3, -0.25) is 0 Å². The summed E-state index contributed by atoms with van der Waals surface area (Å²) in [5.74, 6) is -0.168. The molecule has 0 fully saturated rings. The number of aryl methyl sites for hydroxylation is 1. The second-order valence-corrected chi connectivity index (χ2v) is 5.04. The number of halogens is 1. The zero-order valence-electron chi connectivity index (χ0n) is 11.5. The molecule has 0 bridgehead atoms. The molecule has 2 aromatic carbocycles. The zero-order valence-corrected chi connectivity index (χ0v) is 11.5. The fourth-order valence-corrected chi connectivity index (χ4v) is 2.15. The number of rotatable bonds is 5. The van der Waals surface area contributed by atoms with Crippen LogP contribution in [0.25, 0.3) is 0 Å². The van der Waals surface area contributed by atoms with E-state index in [0.29, 0.717) is 12.6 Å². The second kappa shape index (κ2) is 6.48. The van der Waals surface area contributed by atoms with Crippen LogP contribution in [0.2, 0.25) is 0 Å².